The van der Waals surface area contributed by atoms with Crippen molar-refractivity contribution in [3.8, 4) is 0 Å². The number of rotatable bonds is 5. The molecule has 118 valence electrons. The molecule has 2 amide bonds. The van der Waals surface area contributed by atoms with Crippen LogP contribution in [-0.2, 0) is 16.0 Å². The molecule has 5 heteroatoms. The van der Waals surface area contributed by atoms with Gasteiger partial charge in [-0.3, -0.25) is 14.6 Å². The monoisotopic (exact) mass is 309 g/mol. The third-order valence-corrected chi connectivity index (χ3v) is 3.93. The zero-order valence-corrected chi connectivity index (χ0v) is 12.7. The molecule has 1 heterocycles. The number of pyridine rings is 1. The molecule has 1 aliphatic carbocycles. The summed E-state index contributed by atoms with van der Waals surface area (Å²) in [6, 6.07) is 13.4. The molecule has 0 bridgehead atoms. The van der Waals surface area contributed by atoms with E-state index in [1.807, 2.05) is 30.3 Å². The van der Waals surface area contributed by atoms with Crippen LogP contribution in [0.5, 0.6) is 0 Å². The summed E-state index contributed by atoms with van der Waals surface area (Å²) in [6.07, 6.45) is 6.06. The van der Waals surface area contributed by atoms with Gasteiger partial charge in [-0.15, -0.1) is 0 Å². The third kappa shape index (κ3) is 4.39. The molecular formula is C18H19N3O2. The summed E-state index contributed by atoms with van der Waals surface area (Å²) in [4.78, 5) is 28.0. The molecule has 0 saturated heterocycles. The summed E-state index contributed by atoms with van der Waals surface area (Å²) < 4.78 is 0. The van der Waals surface area contributed by atoms with E-state index in [0.29, 0.717) is 11.6 Å². The van der Waals surface area contributed by atoms with Gasteiger partial charge in [-0.1, -0.05) is 30.3 Å². The first kappa shape index (κ1) is 15.2. The van der Waals surface area contributed by atoms with Gasteiger partial charge in [-0.25, -0.2) is 0 Å². The first-order valence-corrected chi connectivity index (χ1v) is 7.78. The van der Waals surface area contributed by atoms with Crippen LogP contribution >= 0.6 is 0 Å². The minimum absolute atomic E-state index is 0.00421. The van der Waals surface area contributed by atoms with Crippen LogP contribution in [-0.4, -0.2) is 22.8 Å². The lowest BCUT2D eigenvalue weighted by molar-refractivity contribution is -0.136. The van der Waals surface area contributed by atoms with Gasteiger partial charge in [0, 0.05) is 12.2 Å². The normalized spacial score (nSPS) is 14.8. The lowest BCUT2D eigenvalue weighted by Gasteiger charge is -2.18. The average molecular weight is 309 g/mol. The van der Waals surface area contributed by atoms with Crippen LogP contribution in [0, 0.1) is 5.92 Å². The highest BCUT2D eigenvalue weighted by Gasteiger charge is 2.33. The topological polar surface area (TPSA) is 71.1 Å². The Morgan fingerprint density at radius 1 is 1.09 bits per heavy atom. The second-order valence-electron chi connectivity index (χ2n) is 5.80. The summed E-state index contributed by atoms with van der Waals surface area (Å²) in [6.45, 7) is 0. The van der Waals surface area contributed by atoms with E-state index in [1.165, 1.54) is 6.20 Å². The highest BCUT2D eigenvalue weighted by molar-refractivity contribution is 6.39. The Labute approximate surface area is 135 Å². The number of aromatic nitrogens is 1. The number of nitrogens with one attached hydrogen (secondary N) is 2. The lowest BCUT2D eigenvalue weighted by Crippen LogP contribution is -2.44. The van der Waals surface area contributed by atoms with E-state index in [4.69, 9.17) is 0 Å². The quantitative estimate of drug-likeness (QED) is 0.831. The largest absolute Gasteiger partial charge is 0.344 e. The zero-order valence-electron chi connectivity index (χ0n) is 12.7. The molecule has 5 nitrogen and oxygen atoms in total. The lowest BCUT2D eigenvalue weighted by atomic mass is 10.0. The Balaban J connectivity index is 1.59. The van der Waals surface area contributed by atoms with Gasteiger partial charge in [0.25, 0.3) is 0 Å². The van der Waals surface area contributed by atoms with Gasteiger partial charge in [0.2, 0.25) is 0 Å². The molecule has 1 saturated carbocycles. The molecule has 23 heavy (non-hydrogen) atoms. The van der Waals surface area contributed by atoms with Gasteiger partial charge in [-0.2, -0.15) is 0 Å². The van der Waals surface area contributed by atoms with E-state index < -0.39 is 11.8 Å². The second-order valence-corrected chi connectivity index (χ2v) is 5.80. The van der Waals surface area contributed by atoms with E-state index in [1.54, 1.807) is 18.3 Å². The maximum atomic E-state index is 12.1. The van der Waals surface area contributed by atoms with Gasteiger partial charge in [0.15, 0.2) is 0 Å². The molecule has 0 radical (unpaired) electrons. The number of carbonyl (C=O) groups excluding carboxylic acids is 2. The van der Waals surface area contributed by atoms with Crippen LogP contribution in [0.4, 0.5) is 5.69 Å². The van der Waals surface area contributed by atoms with Crippen LogP contribution in [0.1, 0.15) is 18.4 Å². The van der Waals surface area contributed by atoms with E-state index in [-0.39, 0.29) is 6.04 Å². The smallest absolute Gasteiger partial charge is 0.313 e. The number of amides is 2. The van der Waals surface area contributed by atoms with Crippen molar-refractivity contribution in [3.05, 3.63) is 60.4 Å². The molecule has 3 rings (SSSR count). The number of anilines is 1. The fourth-order valence-corrected chi connectivity index (χ4v) is 2.56. The molecule has 0 unspecified atom stereocenters. The van der Waals surface area contributed by atoms with Crippen molar-refractivity contribution in [2.24, 2.45) is 5.92 Å². The summed E-state index contributed by atoms with van der Waals surface area (Å²) in [7, 11) is 0. The van der Waals surface area contributed by atoms with Gasteiger partial charge in [-0.05, 0) is 42.9 Å². The Kier molecular flexibility index (Phi) is 4.66. The number of carbonyl (C=O) groups is 2. The average Bonchev–Trinajstić information content (AvgIpc) is 3.41. The van der Waals surface area contributed by atoms with Crippen molar-refractivity contribution in [1.29, 1.82) is 0 Å². The Morgan fingerprint density at radius 2 is 1.87 bits per heavy atom. The Hall–Kier alpha value is -2.69. The van der Waals surface area contributed by atoms with Crippen molar-refractivity contribution in [2.75, 3.05) is 5.32 Å². The highest BCUT2D eigenvalue weighted by Crippen LogP contribution is 2.34. The fraction of sp³-hybridized carbons (Fsp3) is 0.278. The van der Waals surface area contributed by atoms with Crippen LogP contribution in [0.2, 0.25) is 0 Å². The van der Waals surface area contributed by atoms with E-state index >= 15 is 0 Å². The molecule has 1 atom stereocenters. The van der Waals surface area contributed by atoms with Crippen molar-refractivity contribution >= 4 is 17.5 Å². The van der Waals surface area contributed by atoms with Gasteiger partial charge >= 0.3 is 11.8 Å². The summed E-state index contributed by atoms with van der Waals surface area (Å²) in [5, 5.41) is 5.43. The molecule has 1 aliphatic rings. The molecule has 0 spiro atoms. The molecule has 2 N–H and O–H groups in total. The van der Waals surface area contributed by atoms with Gasteiger partial charge in [0.05, 0.1) is 11.9 Å². The highest BCUT2D eigenvalue weighted by atomic mass is 16.2. The third-order valence-electron chi connectivity index (χ3n) is 3.93. The minimum Gasteiger partial charge on any atom is -0.344 e. The maximum Gasteiger partial charge on any atom is 0.313 e. The van der Waals surface area contributed by atoms with Crippen LogP contribution in [0.25, 0.3) is 0 Å². The van der Waals surface area contributed by atoms with Crippen LogP contribution < -0.4 is 10.6 Å². The van der Waals surface area contributed by atoms with E-state index in [9.17, 15) is 9.59 Å². The maximum absolute atomic E-state index is 12.1. The molecule has 0 aliphatic heterocycles. The second kappa shape index (κ2) is 7.05. The van der Waals surface area contributed by atoms with E-state index in [0.717, 1.165) is 24.8 Å². The van der Waals surface area contributed by atoms with Gasteiger partial charge in [0.1, 0.15) is 0 Å². The summed E-state index contributed by atoms with van der Waals surface area (Å²) in [5.74, 6) is -0.788. The number of hydrogen-bond donors (Lipinski definition) is 2. The van der Waals surface area contributed by atoms with Crippen molar-refractivity contribution in [2.45, 2.75) is 25.3 Å². The first-order chi connectivity index (χ1) is 11.2. The SMILES string of the molecule is O=C(Nc1cccnc1)C(=O)N[C@@H](Cc1ccccc1)C1CC1. The fourth-order valence-electron chi connectivity index (χ4n) is 2.56. The Morgan fingerprint density at radius 3 is 2.52 bits per heavy atom. The van der Waals surface area contributed by atoms with Crippen molar-refractivity contribution in [3.63, 3.8) is 0 Å². The van der Waals surface area contributed by atoms with Gasteiger partial charge < -0.3 is 10.6 Å². The zero-order chi connectivity index (χ0) is 16.1. The molecule has 1 fully saturated rings. The number of hydrogen-bond acceptors (Lipinski definition) is 3. The first-order valence-electron chi connectivity index (χ1n) is 7.78. The van der Waals surface area contributed by atoms with E-state index in [2.05, 4.69) is 15.6 Å². The molecule has 1 aromatic heterocycles. The number of benzene rings is 1. The molecular weight excluding hydrogens is 290 g/mol. The van der Waals surface area contributed by atoms with Crippen molar-refractivity contribution < 1.29 is 9.59 Å². The number of nitrogens with zero attached hydrogens (tertiary/aromatic N) is 1. The van der Waals surface area contributed by atoms with Crippen molar-refractivity contribution in [1.82, 2.24) is 10.3 Å². The summed E-state index contributed by atoms with van der Waals surface area (Å²) >= 11 is 0. The molecule has 2 aromatic rings. The minimum atomic E-state index is -0.656. The predicted molar refractivity (Wildman–Crippen MR) is 87.7 cm³/mol. The standard InChI is InChI=1S/C18H19N3O2/c22-17(20-15-7-4-10-19-12-15)18(23)21-16(14-8-9-14)11-13-5-2-1-3-6-13/h1-7,10,12,14,16H,8-9,11H2,(H,20,22)(H,21,23)/t16-/m0/s1. The predicted octanol–water partition coefficient (Wildman–Crippen LogP) is 2.16. The van der Waals surface area contributed by atoms with Crippen LogP contribution in [0.15, 0.2) is 54.9 Å². The molecule has 1 aromatic carbocycles. The van der Waals surface area contributed by atoms with Crippen LogP contribution in [0.3, 0.4) is 0 Å². The summed E-state index contributed by atoms with van der Waals surface area (Å²) in [5.41, 5.74) is 1.68. The Bertz CT molecular complexity index is 669.